The zero-order chi connectivity index (χ0) is 14.8. The number of aromatic nitrogens is 4. The Morgan fingerprint density at radius 2 is 2.05 bits per heavy atom. The summed E-state index contributed by atoms with van der Waals surface area (Å²) in [6.07, 6.45) is 1.47. The first-order chi connectivity index (χ1) is 10.2. The van der Waals surface area contributed by atoms with Gasteiger partial charge in [-0.3, -0.25) is 0 Å². The number of methoxy groups -OCH3 is 1. The molecule has 2 aromatic heterocycles. The summed E-state index contributed by atoms with van der Waals surface area (Å²) >= 11 is 0. The Morgan fingerprint density at radius 1 is 1.24 bits per heavy atom. The molecule has 3 rings (SSSR count). The predicted molar refractivity (Wildman–Crippen MR) is 73.9 cm³/mol. The van der Waals surface area contributed by atoms with Crippen molar-refractivity contribution in [3.8, 4) is 23.4 Å². The Kier molecular flexibility index (Phi) is 3.00. The Hall–Kier alpha value is -3.34. The van der Waals surface area contributed by atoms with Gasteiger partial charge in [-0.05, 0) is 12.1 Å². The largest absolute Gasteiger partial charge is 0.497 e. The van der Waals surface area contributed by atoms with Gasteiger partial charge in [0.1, 0.15) is 17.0 Å². The number of rotatable bonds is 3. The highest BCUT2D eigenvalue weighted by Gasteiger charge is 2.12. The fourth-order valence-corrected chi connectivity index (χ4v) is 1.82. The van der Waals surface area contributed by atoms with Crippen molar-refractivity contribution in [3.05, 3.63) is 30.1 Å². The standard InChI is InChI=1S/C13H10N6O2/c1-20-8-2-7(5-14)3-9(4-8)21-12-10-11(17-6-16-10)18-13(15)19-12/h2-4,6H,1H3,(H3,15,16,17,18,19). The van der Waals surface area contributed by atoms with Crippen LogP contribution in [0.25, 0.3) is 11.2 Å². The molecule has 0 radical (unpaired) electrons. The maximum Gasteiger partial charge on any atom is 0.250 e. The summed E-state index contributed by atoms with van der Waals surface area (Å²) in [5.74, 6) is 1.19. The molecule has 3 aromatic rings. The molecule has 0 aliphatic heterocycles. The van der Waals surface area contributed by atoms with Gasteiger partial charge in [0.05, 0.1) is 25.1 Å². The van der Waals surface area contributed by atoms with Gasteiger partial charge in [0, 0.05) is 6.07 Å². The minimum atomic E-state index is 0.0491. The number of imidazole rings is 1. The van der Waals surface area contributed by atoms with Gasteiger partial charge in [-0.1, -0.05) is 0 Å². The molecule has 0 bridgehead atoms. The minimum absolute atomic E-state index is 0.0491. The number of nitrogens with one attached hydrogen (secondary N) is 1. The fourth-order valence-electron chi connectivity index (χ4n) is 1.82. The van der Waals surface area contributed by atoms with Crippen molar-refractivity contribution in [2.75, 3.05) is 12.8 Å². The van der Waals surface area contributed by atoms with Crippen LogP contribution in [0.5, 0.6) is 17.4 Å². The highest BCUT2D eigenvalue weighted by atomic mass is 16.5. The van der Waals surface area contributed by atoms with Gasteiger partial charge in [0.2, 0.25) is 5.95 Å². The van der Waals surface area contributed by atoms with Crippen LogP contribution in [-0.2, 0) is 0 Å². The lowest BCUT2D eigenvalue weighted by Crippen LogP contribution is -1.99. The van der Waals surface area contributed by atoms with E-state index in [1.807, 2.05) is 6.07 Å². The van der Waals surface area contributed by atoms with Crippen LogP contribution >= 0.6 is 0 Å². The molecular weight excluding hydrogens is 272 g/mol. The molecule has 104 valence electrons. The maximum absolute atomic E-state index is 9.01. The van der Waals surface area contributed by atoms with E-state index < -0.39 is 0 Å². The number of aromatic amines is 1. The lowest BCUT2D eigenvalue weighted by Gasteiger charge is -2.08. The second-order valence-electron chi connectivity index (χ2n) is 4.10. The van der Waals surface area contributed by atoms with E-state index in [0.29, 0.717) is 28.2 Å². The molecule has 3 N–H and O–H groups in total. The Balaban J connectivity index is 2.06. The van der Waals surface area contributed by atoms with E-state index in [1.54, 1.807) is 18.2 Å². The van der Waals surface area contributed by atoms with Crippen LogP contribution in [0.1, 0.15) is 5.56 Å². The van der Waals surface area contributed by atoms with Crippen molar-refractivity contribution in [2.45, 2.75) is 0 Å². The predicted octanol–water partition coefficient (Wildman–Crippen LogP) is 1.61. The van der Waals surface area contributed by atoms with Crippen molar-refractivity contribution < 1.29 is 9.47 Å². The monoisotopic (exact) mass is 282 g/mol. The van der Waals surface area contributed by atoms with Crippen molar-refractivity contribution >= 4 is 17.1 Å². The number of nitriles is 1. The molecule has 0 spiro atoms. The quantitative estimate of drug-likeness (QED) is 0.747. The lowest BCUT2D eigenvalue weighted by atomic mass is 10.2. The molecule has 2 heterocycles. The zero-order valence-electron chi connectivity index (χ0n) is 11.0. The van der Waals surface area contributed by atoms with Crippen LogP contribution < -0.4 is 15.2 Å². The Bertz CT molecular complexity index is 851. The van der Waals surface area contributed by atoms with Crippen molar-refractivity contribution in [1.29, 1.82) is 5.26 Å². The molecule has 0 aliphatic rings. The van der Waals surface area contributed by atoms with E-state index in [-0.39, 0.29) is 11.8 Å². The number of nitrogens with zero attached hydrogens (tertiary/aromatic N) is 4. The molecule has 0 saturated carbocycles. The van der Waals surface area contributed by atoms with E-state index in [9.17, 15) is 0 Å². The molecule has 0 atom stereocenters. The molecular formula is C13H10N6O2. The lowest BCUT2D eigenvalue weighted by molar-refractivity contribution is 0.407. The third kappa shape index (κ3) is 2.40. The van der Waals surface area contributed by atoms with Crippen molar-refractivity contribution in [3.63, 3.8) is 0 Å². The molecule has 8 nitrogen and oxygen atoms in total. The number of H-pyrrole nitrogens is 1. The normalized spacial score (nSPS) is 10.3. The average molecular weight is 282 g/mol. The maximum atomic E-state index is 9.01. The first-order valence-electron chi connectivity index (χ1n) is 5.93. The molecule has 0 amide bonds. The van der Waals surface area contributed by atoms with Crippen LogP contribution in [0.15, 0.2) is 24.5 Å². The molecule has 1 aromatic carbocycles. The summed E-state index contributed by atoms with van der Waals surface area (Å²) in [4.78, 5) is 14.9. The summed E-state index contributed by atoms with van der Waals surface area (Å²) in [7, 11) is 1.51. The number of nitrogens with two attached hydrogens (primary N) is 1. The molecule has 0 aliphatic carbocycles. The van der Waals surface area contributed by atoms with Crippen molar-refractivity contribution in [1.82, 2.24) is 19.9 Å². The number of nitrogen functional groups attached to an aromatic ring is 1. The fraction of sp³-hybridized carbons (Fsp3) is 0.0769. The summed E-state index contributed by atoms with van der Waals surface area (Å²) in [5.41, 5.74) is 6.95. The van der Waals surface area contributed by atoms with Gasteiger partial charge in [-0.15, -0.1) is 0 Å². The number of hydrogen-bond acceptors (Lipinski definition) is 7. The van der Waals surface area contributed by atoms with Crippen LogP contribution in [0.4, 0.5) is 5.95 Å². The summed E-state index contributed by atoms with van der Waals surface area (Å²) in [5, 5.41) is 9.01. The molecule has 0 unspecified atom stereocenters. The van der Waals surface area contributed by atoms with E-state index in [0.717, 1.165) is 0 Å². The highest BCUT2D eigenvalue weighted by Crippen LogP contribution is 2.29. The smallest absolute Gasteiger partial charge is 0.250 e. The van der Waals surface area contributed by atoms with Gasteiger partial charge in [0.15, 0.2) is 5.65 Å². The SMILES string of the molecule is COc1cc(C#N)cc(Oc2nc(N)nc3nc[nH]c23)c1. The number of benzene rings is 1. The number of hydrogen-bond donors (Lipinski definition) is 2. The van der Waals surface area contributed by atoms with Gasteiger partial charge >= 0.3 is 0 Å². The van der Waals surface area contributed by atoms with E-state index >= 15 is 0 Å². The van der Waals surface area contributed by atoms with Crippen molar-refractivity contribution in [2.24, 2.45) is 0 Å². The van der Waals surface area contributed by atoms with E-state index in [4.69, 9.17) is 20.5 Å². The van der Waals surface area contributed by atoms with Gasteiger partial charge in [-0.2, -0.15) is 15.2 Å². The Morgan fingerprint density at radius 3 is 2.81 bits per heavy atom. The molecule has 21 heavy (non-hydrogen) atoms. The molecule has 0 saturated heterocycles. The van der Waals surface area contributed by atoms with Crippen LogP contribution in [0, 0.1) is 11.3 Å². The first kappa shape index (κ1) is 12.7. The van der Waals surface area contributed by atoms with Crippen LogP contribution in [0.2, 0.25) is 0 Å². The second-order valence-corrected chi connectivity index (χ2v) is 4.10. The van der Waals surface area contributed by atoms with Gasteiger partial charge < -0.3 is 20.2 Å². The number of anilines is 1. The second kappa shape index (κ2) is 4.97. The van der Waals surface area contributed by atoms with Gasteiger partial charge in [-0.25, -0.2) is 4.98 Å². The molecule has 0 fully saturated rings. The average Bonchev–Trinajstić information content (AvgIpc) is 2.95. The number of fused-ring (bicyclic) bond motifs is 1. The zero-order valence-corrected chi connectivity index (χ0v) is 11.0. The summed E-state index contributed by atoms with van der Waals surface area (Å²) in [6.45, 7) is 0. The Labute approximate surface area is 119 Å². The number of ether oxygens (including phenoxy) is 2. The third-order valence-corrected chi connectivity index (χ3v) is 2.73. The van der Waals surface area contributed by atoms with Crippen LogP contribution in [0.3, 0.4) is 0 Å². The minimum Gasteiger partial charge on any atom is -0.497 e. The first-order valence-corrected chi connectivity index (χ1v) is 5.93. The topological polar surface area (TPSA) is 123 Å². The van der Waals surface area contributed by atoms with Gasteiger partial charge in [0.25, 0.3) is 5.88 Å². The highest BCUT2D eigenvalue weighted by molar-refractivity contribution is 5.77. The van der Waals surface area contributed by atoms with E-state index in [2.05, 4.69) is 19.9 Å². The molecule has 8 heteroatoms. The summed E-state index contributed by atoms with van der Waals surface area (Å²) in [6, 6.07) is 6.85. The van der Waals surface area contributed by atoms with Crippen LogP contribution in [-0.4, -0.2) is 27.0 Å². The third-order valence-electron chi connectivity index (χ3n) is 2.73. The summed E-state index contributed by atoms with van der Waals surface area (Å²) < 4.78 is 10.8. The van der Waals surface area contributed by atoms with E-state index in [1.165, 1.54) is 13.4 Å².